The van der Waals surface area contributed by atoms with Crippen molar-refractivity contribution in [2.24, 2.45) is 9.98 Å². The zero-order chi connectivity index (χ0) is 7.40. The molecule has 0 aromatic heterocycles. The lowest BCUT2D eigenvalue weighted by molar-refractivity contribution is 0.364. The zero-order valence-corrected chi connectivity index (χ0v) is 6.13. The van der Waals surface area contributed by atoms with E-state index in [4.69, 9.17) is 9.47 Å². The summed E-state index contributed by atoms with van der Waals surface area (Å²) in [6, 6.07) is 0. The van der Waals surface area contributed by atoms with Crippen molar-refractivity contribution in [2.45, 2.75) is 6.42 Å². The molecule has 0 N–H and O–H groups in total. The fourth-order valence-corrected chi connectivity index (χ4v) is 0.708. The lowest BCUT2D eigenvalue weighted by Crippen LogP contribution is -2.16. The van der Waals surface area contributed by atoms with Gasteiger partial charge in [-0.2, -0.15) is 0 Å². The van der Waals surface area contributed by atoms with Crippen LogP contribution in [0.2, 0.25) is 0 Å². The maximum absolute atomic E-state index is 4.91. The number of nitrogens with zero attached hydrogens (tertiary/aromatic N) is 2. The van der Waals surface area contributed by atoms with E-state index in [1.54, 1.807) is 14.2 Å². The van der Waals surface area contributed by atoms with E-state index in [9.17, 15) is 0 Å². The van der Waals surface area contributed by atoms with Gasteiger partial charge in [0.25, 0.3) is 0 Å². The molecule has 1 heterocycles. The molecule has 1 rings (SSSR count). The van der Waals surface area contributed by atoms with Gasteiger partial charge in [-0.25, -0.2) is 9.98 Å². The Morgan fingerprint density at radius 2 is 1.60 bits per heavy atom. The molecule has 0 aliphatic carbocycles. The van der Waals surface area contributed by atoms with Crippen molar-refractivity contribution in [3.05, 3.63) is 0 Å². The van der Waals surface area contributed by atoms with Crippen LogP contribution in [0.5, 0.6) is 0 Å². The molecule has 4 heteroatoms. The van der Waals surface area contributed by atoms with E-state index in [1.807, 2.05) is 0 Å². The van der Waals surface area contributed by atoms with Gasteiger partial charge < -0.3 is 9.47 Å². The number of rotatable bonds is 0. The highest BCUT2D eigenvalue weighted by Crippen LogP contribution is 1.99. The monoisotopic (exact) mass is 142 g/mol. The third-order valence-electron chi connectivity index (χ3n) is 1.27. The molecule has 0 aromatic rings. The zero-order valence-electron chi connectivity index (χ0n) is 6.13. The molecule has 0 amide bonds. The van der Waals surface area contributed by atoms with Gasteiger partial charge in [-0.1, -0.05) is 0 Å². The molecule has 1 aliphatic rings. The van der Waals surface area contributed by atoms with Gasteiger partial charge in [0.2, 0.25) is 0 Å². The van der Waals surface area contributed by atoms with Gasteiger partial charge in [0, 0.05) is 0 Å². The van der Waals surface area contributed by atoms with Crippen molar-refractivity contribution < 1.29 is 9.47 Å². The summed E-state index contributed by atoms with van der Waals surface area (Å²) in [4.78, 5) is 7.95. The SMILES string of the molecule is COC1=NCN=C(OC)C1. The van der Waals surface area contributed by atoms with E-state index in [-0.39, 0.29) is 0 Å². The van der Waals surface area contributed by atoms with Crippen molar-refractivity contribution in [3.8, 4) is 0 Å². The Labute approximate surface area is 59.6 Å². The van der Waals surface area contributed by atoms with Crippen LogP contribution in [0, 0.1) is 0 Å². The maximum atomic E-state index is 4.91. The highest BCUT2D eigenvalue weighted by molar-refractivity contribution is 5.98. The Kier molecular flexibility index (Phi) is 2.25. The molecule has 56 valence electrons. The Bertz CT molecular complexity index is 157. The fourth-order valence-electron chi connectivity index (χ4n) is 0.708. The van der Waals surface area contributed by atoms with Gasteiger partial charge in [0.15, 0.2) is 11.8 Å². The topological polar surface area (TPSA) is 43.2 Å². The Hall–Kier alpha value is -1.06. The first-order valence-electron chi connectivity index (χ1n) is 3.01. The second-order valence-electron chi connectivity index (χ2n) is 1.83. The van der Waals surface area contributed by atoms with Crippen molar-refractivity contribution in [2.75, 3.05) is 20.9 Å². The number of aliphatic imine (C=N–C) groups is 2. The molecule has 0 bridgehead atoms. The number of methoxy groups -OCH3 is 2. The van der Waals surface area contributed by atoms with Crippen LogP contribution < -0.4 is 0 Å². The summed E-state index contributed by atoms with van der Waals surface area (Å²) in [5.74, 6) is 1.37. The smallest absolute Gasteiger partial charge is 0.194 e. The molecule has 0 unspecified atom stereocenters. The lowest BCUT2D eigenvalue weighted by atomic mass is 10.4. The first kappa shape index (κ1) is 7.05. The van der Waals surface area contributed by atoms with E-state index in [1.165, 1.54) is 0 Å². The van der Waals surface area contributed by atoms with Crippen LogP contribution in [-0.2, 0) is 9.47 Å². The van der Waals surface area contributed by atoms with Gasteiger partial charge in [-0.15, -0.1) is 0 Å². The third-order valence-corrected chi connectivity index (χ3v) is 1.27. The molecule has 1 aliphatic heterocycles. The van der Waals surface area contributed by atoms with Crippen molar-refractivity contribution in [3.63, 3.8) is 0 Å². The van der Waals surface area contributed by atoms with Crippen molar-refractivity contribution in [1.82, 2.24) is 0 Å². The minimum absolute atomic E-state index is 0.423. The summed E-state index contributed by atoms with van der Waals surface area (Å²) < 4.78 is 9.82. The lowest BCUT2D eigenvalue weighted by Gasteiger charge is -2.10. The van der Waals surface area contributed by atoms with Gasteiger partial charge >= 0.3 is 0 Å². The summed E-state index contributed by atoms with van der Waals surface area (Å²) >= 11 is 0. The Morgan fingerprint density at radius 3 is 2.00 bits per heavy atom. The third kappa shape index (κ3) is 1.46. The average Bonchev–Trinajstić information content (AvgIpc) is 2.05. The van der Waals surface area contributed by atoms with E-state index >= 15 is 0 Å². The molecule has 0 saturated carbocycles. The van der Waals surface area contributed by atoms with E-state index < -0.39 is 0 Å². The van der Waals surface area contributed by atoms with Gasteiger partial charge in [-0.05, 0) is 0 Å². The summed E-state index contributed by atoms with van der Waals surface area (Å²) in [5, 5.41) is 0. The minimum atomic E-state index is 0.423. The van der Waals surface area contributed by atoms with Crippen LogP contribution in [-0.4, -0.2) is 32.7 Å². The second kappa shape index (κ2) is 3.20. The highest BCUT2D eigenvalue weighted by atomic mass is 16.5. The van der Waals surface area contributed by atoms with Crippen LogP contribution in [0.3, 0.4) is 0 Å². The minimum Gasteiger partial charge on any atom is -0.484 e. The maximum Gasteiger partial charge on any atom is 0.194 e. The van der Waals surface area contributed by atoms with Crippen molar-refractivity contribution in [1.29, 1.82) is 0 Å². The number of hydrogen-bond donors (Lipinski definition) is 0. The van der Waals surface area contributed by atoms with E-state index in [2.05, 4.69) is 9.98 Å². The van der Waals surface area contributed by atoms with Crippen molar-refractivity contribution >= 4 is 11.8 Å². The summed E-state index contributed by atoms with van der Waals surface area (Å²) in [7, 11) is 3.19. The summed E-state index contributed by atoms with van der Waals surface area (Å²) in [6.07, 6.45) is 0.576. The van der Waals surface area contributed by atoms with Crippen LogP contribution in [0.4, 0.5) is 0 Å². The second-order valence-corrected chi connectivity index (χ2v) is 1.83. The standard InChI is InChI=1S/C6H10N2O2/c1-9-5-3-6(10-2)8-4-7-5/h3-4H2,1-2H3. The number of hydrogen-bond acceptors (Lipinski definition) is 4. The van der Waals surface area contributed by atoms with E-state index in [0.29, 0.717) is 24.9 Å². The normalized spacial score (nSPS) is 17.4. The Balaban J connectivity index is 2.49. The van der Waals surface area contributed by atoms with Crippen LogP contribution in [0.25, 0.3) is 0 Å². The van der Waals surface area contributed by atoms with E-state index in [0.717, 1.165) is 0 Å². The molecule has 0 spiro atoms. The molecule has 4 nitrogen and oxygen atoms in total. The average molecular weight is 142 g/mol. The van der Waals surface area contributed by atoms with Gasteiger partial charge in [-0.3, -0.25) is 0 Å². The largest absolute Gasteiger partial charge is 0.484 e. The Morgan fingerprint density at radius 1 is 1.10 bits per heavy atom. The number of ether oxygens (including phenoxy) is 2. The predicted molar refractivity (Wildman–Crippen MR) is 38.4 cm³/mol. The molecule has 0 saturated heterocycles. The first-order chi connectivity index (χ1) is 4.86. The van der Waals surface area contributed by atoms with Gasteiger partial charge in [0.1, 0.15) is 6.67 Å². The van der Waals surface area contributed by atoms with Gasteiger partial charge in [0.05, 0.1) is 20.6 Å². The first-order valence-corrected chi connectivity index (χ1v) is 3.01. The summed E-state index contributed by atoms with van der Waals surface area (Å²) in [6.45, 7) is 0.423. The molecular formula is C6H10N2O2. The van der Waals surface area contributed by atoms with Crippen LogP contribution >= 0.6 is 0 Å². The molecular weight excluding hydrogens is 132 g/mol. The van der Waals surface area contributed by atoms with Crippen LogP contribution in [0.15, 0.2) is 9.98 Å². The quantitative estimate of drug-likeness (QED) is 0.492. The molecule has 10 heavy (non-hydrogen) atoms. The molecule has 0 aromatic carbocycles. The van der Waals surface area contributed by atoms with Crippen LogP contribution in [0.1, 0.15) is 6.42 Å². The molecule has 0 atom stereocenters. The predicted octanol–water partition coefficient (Wildman–Crippen LogP) is 0.437. The molecule has 0 fully saturated rings. The summed E-state index contributed by atoms with van der Waals surface area (Å²) in [5.41, 5.74) is 0. The fraction of sp³-hybridized carbons (Fsp3) is 0.667. The highest BCUT2D eigenvalue weighted by Gasteiger charge is 2.08. The molecule has 0 radical (unpaired) electrons.